The fourth-order valence-corrected chi connectivity index (χ4v) is 4.15. The topological polar surface area (TPSA) is 36.9 Å². The Morgan fingerprint density at radius 3 is 2.14 bits per heavy atom. The number of halogens is 3. The SMILES string of the molecule is COc1ccc(C2(C3OOC(c4ccccc4)(C(F)(F)F)O3)CCCC2)cc1. The molecule has 0 aromatic heterocycles. The second-order valence-corrected chi connectivity index (χ2v) is 7.20. The Balaban J connectivity index is 1.72. The summed E-state index contributed by atoms with van der Waals surface area (Å²) in [6, 6.07) is 14.6. The molecule has 150 valence electrons. The average Bonchev–Trinajstić information content (AvgIpc) is 3.37. The van der Waals surface area contributed by atoms with Crippen molar-refractivity contribution in [2.45, 2.75) is 49.4 Å². The van der Waals surface area contributed by atoms with E-state index in [0.29, 0.717) is 18.6 Å². The van der Waals surface area contributed by atoms with Gasteiger partial charge in [-0.15, -0.1) is 0 Å². The molecule has 0 amide bonds. The molecule has 2 aliphatic rings. The third-order valence-electron chi connectivity index (χ3n) is 5.66. The van der Waals surface area contributed by atoms with Crippen LogP contribution < -0.4 is 4.74 Å². The van der Waals surface area contributed by atoms with E-state index < -0.39 is 23.7 Å². The first-order chi connectivity index (χ1) is 13.4. The predicted octanol–water partition coefficient (Wildman–Crippen LogP) is 5.23. The van der Waals surface area contributed by atoms with Crippen LogP contribution in [-0.2, 0) is 25.7 Å². The van der Waals surface area contributed by atoms with E-state index in [9.17, 15) is 13.2 Å². The van der Waals surface area contributed by atoms with E-state index in [1.165, 1.54) is 24.3 Å². The van der Waals surface area contributed by atoms with E-state index >= 15 is 0 Å². The molecule has 0 radical (unpaired) electrons. The van der Waals surface area contributed by atoms with Gasteiger partial charge in [-0.2, -0.15) is 22.9 Å². The van der Waals surface area contributed by atoms with Gasteiger partial charge in [0.05, 0.1) is 7.11 Å². The van der Waals surface area contributed by atoms with E-state index in [4.69, 9.17) is 19.2 Å². The number of methoxy groups -OCH3 is 1. The van der Waals surface area contributed by atoms with E-state index in [1.54, 1.807) is 25.3 Å². The van der Waals surface area contributed by atoms with Crippen molar-refractivity contribution in [3.8, 4) is 5.75 Å². The Hall–Kier alpha value is -2.09. The van der Waals surface area contributed by atoms with Gasteiger partial charge in [0.2, 0.25) is 6.29 Å². The van der Waals surface area contributed by atoms with Crippen LogP contribution in [0.2, 0.25) is 0 Å². The Morgan fingerprint density at radius 2 is 1.57 bits per heavy atom. The molecule has 2 atom stereocenters. The minimum Gasteiger partial charge on any atom is -0.497 e. The number of hydrogen-bond acceptors (Lipinski definition) is 4. The van der Waals surface area contributed by atoms with Gasteiger partial charge in [0.1, 0.15) is 5.75 Å². The summed E-state index contributed by atoms with van der Waals surface area (Å²) < 4.78 is 52.9. The molecule has 2 fully saturated rings. The molecule has 28 heavy (non-hydrogen) atoms. The first-order valence-corrected chi connectivity index (χ1v) is 9.20. The first kappa shape index (κ1) is 19.2. The molecule has 1 aliphatic heterocycles. The first-order valence-electron chi connectivity index (χ1n) is 9.20. The molecule has 2 aromatic rings. The van der Waals surface area contributed by atoms with Crippen LogP contribution in [-0.4, -0.2) is 19.6 Å². The summed E-state index contributed by atoms with van der Waals surface area (Å²) >= 11 is 0. The lowest BCUT2D eigenvalue weighted by atomic mass is 9.78. The van der Waals surface area contributed by atoms with Gasteiger partial charge in [0, 0.05) is 11.0 Å². The van der Waals surface area contributed by atoms with Gasteiger partial charge in [-0.05, 0) is 30.5 Å². The van der Waals surface area contributed by atoms with Crippen LogP contribution >= 0.6 is 0 Å². The maximum Gasteiger partial charge on any atom is 0.451 e. The standard InChI is InChI=1S/C21H21F3O4/c1-25-17-11-9-15(10-12-17)19(13-5-6-14-19)18-26-20(28-27-18,21(22,23)24)16-7-3-2-4-8-16/h2-4,7-12,18H,5-6,13-14H2,1H3. The summed E-state index contributed by atoms with van der Waals surface area (Å²) in [6.07, 6.45) is -2.93. The normalized spacial score (nSPS) is 27.1. The molecule has 0 bridgehead atoms. The Bertz CT molecular complexity index is 801. The zero-order chi connectivity index (χ0) is 19.8. The summed E-state index contributed by atoms with van der Waals surface area (Å²) in [5, 5.41) is 0. The summed E-state index contributed by atoms with van der Waals surface area (Å²) in [7, 11) is 1.56. The average molecular weight is 394 g/mol. The number of ether oxygens (including phenoxy) is 2. The van der Waals surface area contributed by atoms with E-state index in [2.05, 4.69) is 0 Å². The maximum absolute atomic E-state index is 14.0. The molecule has 4 rings (SSSR count). The van der Waals surface area contributed by atoms with Gasteiger partial charge in [-0.1, -0.05) is 55.3 Å². The van der Waals surface area contributed by atoms with Crippen LogP contribution in [0.5, 0.6) is 5.75 Å². The van der Waals surface area contributed by atoms with Gasteiger partial charge < -0.3 is 9.47 Å². The molecule has 4 nitrogen and oxygen atoms in total. The van der Waals surface area contributed by atoms with Gasteiger partial charge >= 0.3 is 12.0 Å². The third-order valence-corrected chi connectivity index (χ3v) is 5.66. The Labute approximate surface area is 161 Å². The lowest BCUT2D eigenvalue weighted by Crippen LogP contribution is -2.46. The number of rotatable bonds is 4. The minimum absolute atomic E-state index is 0.145. The van der Waals surface area contributed by atoms with Crippen LogP contribution in [0.1, 0.15) is 36.8 Å². The predicted molar refractivity (Wildman–Crippen MR) is 94.4 cm³/mol. The maximum atomic E-state index is 14.0. The molecule has 1 saturated heterocycles. The van der Waals surface area contributed by atoms with Crippen molar-refractivity contribution in [3.05, 3.63) is 65.7 Å². The van der Waals surface area contributed by atoms with Crippen molar-refractivity contribution >= 4 is 0 Å². The molecular formula is C21H21F3O4. The molecule has 2 aromatic carbocycles. The number of benzene rings is 2. The van der Waals surface area contributed by atoms with Crippen molar-refractivity contribution < 1.29 is 32.4 Å². The van der Waals surface area contributed by atoms with Gasteiger partial charge in [-0.25, -0.2) is 0 Å². The summed E-state index contributed by atoms with van der Waals surface area (Å²) in [4.78, 5) is 10.2. The van der Waals surface area contributed by atoms with Crippen molar-refractivity contribution in [3.63, 3.8) is 0 Å². The number of hydrogen-bond donors (Lipinski definition) is 0. The second-order valence-electron chi connectivity index (χ2n) is 7.20. The molecular weight excluding hydrogens is 373 g/mol. The van der Waals surface area contributed by atoms with Crippen LogP contribution in [0.15, 0.2) is 54.6 Å². The minimum atomic E-state index is -4.80. The largest absolute Gasteiger partial charge is 0.497 e. The third kappa shape index (κ3) is 2.98. The molecule has 1 aliphatic carbocycles. The van der Waals surface area contributed by atoms with Crippen molar-refractivity contribution in [1.29, 1.82) is 0 Å². The van der Waals surface area contributed by atoms with E-state index in [1.807, 2.05) is 12.1 Å². The van der Waals surface area contributed by atoms with Crippen LogP contribution in [0.3, 0.4) is 0 Å². The van der Waals surface area contributed by atoms with E-state index in [-0.39, 0.29) is 5.56 Å². The Morgan fingerprint density at radius 1 is 0.929 bits per heavy atom. The van der Waals surface area contributed by atoms with Gasteiger partial charge in [0.25, 0.3) is 0 Å². The van der Waals surface area contributed by atoms with Gasteiger partial charge in [-0.3, -0.25) is 0 Å². The molecule has 1 saturated carbocycles. The molecule has 2 unspecified atom stereocenters. The van der Waals surface area contributed by atoms with Gasteiger partial charge in [0.15, 0.2) is 0 Å². The highest BCUT2D eigenvalue weighted by Crippen LogP contribution is 2.54. The zero-order valence-electron chi connectivity index (χ0n) is 15.4. The smallest absolute Gasteiger partial charge is 0.451 e. The lowest BCUT2D eigenvalue weighted by molar-refractivity contribution is -0.419. The van der Waals surface area contributed by atoms with Crippen LogP contribution in [0.25, 0.3) is 0 Å². The second kappa shape index (κ2) is 7.06. The lowest BCUT2D eigenvalue weighted by Gasteiger charge is -2.34. The molecule has 0 spiro atoms. The highest BCUT2D eigenvalue weighted by molar-refractivity contribution is 5.34. The van der Waals surface area contributed by atoms with Crippen LogP contribution in [0.4, 0.5) is 13.2 Å². The van der Waals surface area contributed by atoms with Crippen molar-refractivity contribution in [2.24, 2.45) is 0 Å². The zero-order valence-corrected chi connectivity index (χ0v) is 15.4. The summed E-state index contributed by atoms with van der Waals surface area (Å²) in [5.41, 5.74) is -0.00746. The number of alkyl halides is 3. The molecule has 7 heteroatoms. The fourth-order valence-electron chi connectivity index (χ4n) is 4.15. The molecule has 0 N–H and O–H groups in total. The summed E-state index contributed by atoms with van der Waals surface area (Å²) in [5.74, 6) is -2.27. The molecule has 1 heterocycles. The quantitative estimate of drug-likeness (QED) is 0.666. The highest BCUT2D eigenvalue weighted by Gasteiger charge is 2.67. The van der Waals surface area contributed by atoms with E-state index in [0.717, 1.165) is 18.4 Å². The van der Waals surface area contributed by atoms with Crippen molar-refractivity contribution in [2.75, 3.05) is 7.11 Å². The highest BCUT2D eigenvalue weighted by atomic mass is 19.4. The van der Waals surface area contributed by atoms with Crippen LogP contribution in [0, 0.1) is 0 Å². The Kier molecular flexibility index (Phi) is 4.85. The summed E-state index contributed by atoms with van der Waals surface area (Å²) in [6.45, 7) is 0. The monoisotopic (exact) mass is 394 g/mol. The van der Waals surface area contributed by atoms with Crippen molar-refractivity contribution in [1.82, 2.24) is 0 Å². The fraction of sp³-hybridized carbons (Fsp3) is 0.429.